The number of nitrogens with zero attached hydrogens (tertiary/aromatic N) is 2. The number of para-hydroxylation sites is 1. The van der Waals surface area contributed by atoms with Crippen molar-refractivity contribution in [3.05, 3.63) is 65.2 Å². The van der Waals surface area contributed by atoms with E-state index >= 15 is 0 Å². The molecule has 1 atom stereocenters. The van der Waals surface area contributed by atoms with Gasteiger partial charge in [-0.2, -0.15) is 0 Å². The van der Waals surface area contributed by atoms with E-state index in [2.05, 4.69) is 5.32 Å². The highest BCUT2D eigenvalue weighted by atomic mass is 16.5. The lowest BCUT2D eigenvalue weighted by molar-refractivity contribution is -0.121. The van der Waals surface area contributed by atoms with Crippen molar-refractivity contribution in [3.8, 4) is 0 Å². The minimum absolute atomic E-state index is 0.0772. The largest absolute Gasteiger partial charge is 0.383 e. The van der Waals surface area contributed by atoms with E-state index in [9.17, 15) is 14.4 Å². The molecule has 7 heteroatoms. The maximum absolute atomic E-state index is 13.2. The number of methoxy groups -OCH3 is 1. The molecule has 2 heterocycles. The Hall–Kier alpha value is -3.19. The lowest BCUT2D eigenvalue weighted by atomic mass is 10.0. The van der Waals surface area contributed by atoms with E-state index in [1.165, 1.54) is 0 Å². The molecule has 2 aromatic rings. The number of hydrogen-bond acceptors (Lipinski definition) is 4. The van der Waals surface area contributed by atoms with Crippen LogP contribution < -0.4 is 10.2 Å². The number of carbonyl (C=O) groups excluding carboxylic acids is 3. The van der Waals surface area contributed by atoms with Crippen LogP contribution in [-0.2, 0) is 9.53 Å². The normalized spacial score (nSPS) is 17.1. The quantitative estimate of drug-likeness (QED) is 0.733. The first-order valence-corrected chi connectivity index (χ1v) is 9.71. The number of ether oxygens (including phenoxy) is 1. The fourth-order valence-electron chi connectivity index (χ4n) is 3.99. The van der Waals surface area contributed by atoms with E-state index < -0.39 is 6.17 Å². The van der Waals surface area contributed by atoms with Gasteiger partial charge in [0.1, 0.15) is 6.17 Å². The maximum atomic E-state index is 13.2. The Bertz CT molecular complexity index is 959. The van der Waals surface area contributed by atoms with Crippen LogP contribution in [0.15, 0.2) is 48.5 Å². The molecule has 29 heavy (non-hydrogen) atoms. The zero-order valence-corrected chi connectivity index (χ0v) is 16.3. The van der Waals surface area contributed by atoms with E-state index in [0.29, 0.717) is 49.4 Å². The van der Waals surface area contributed by atoms with Gasteiger partial charge in [-0.1, -0.05) is 30.3 Å². The number of fused-ring (bicyclic) bond motifs is 5. The molecule has 2 aliphatic rings. The average Bonchev–Trinajstić information content (AvgIpc) is 3.04. The second-order valence-electron chi connectivity index (χ2n) is 7.10. The fraction of sp³-hybridized carbons (Fsp3) is 0.318. The average molecular weight is 393 g/mol. The Morgan fingerprint density at radius 3 is 2.55 bits per heavy atom. The molecule has 0 saturated heterocycles. The molecule has 3 amide bonds. The zero-order valence-electron chi connectivity index (χ0n) is 16.3. The van der Waals surface area contributed by atoms with Crippen molar-refractivity contribution in [2.45, 2.75) is 19.0 Å². The maximum Gasteiger partial charge on any atom is 0.260 e. The van der Waals surface area contributed by atoms with E-state index in [0.717, 1.165) is 5.56 Å². The van der Waals surface area contributed by atoms with Crippen molar-refractivity contribution < 1.29 is 19.1 Å². The van der Waals surface area contributed by atoms with Gasteiger partial charge < -0.3 is 15.0 Å². The van der Waals surface area contributed by atoms with Gasteiger partial charge in [0.2, 0.25) is 5.91 Å². The standard InChI is InChI=1S/C22H23N3O4/c1-29-14-12-23-19(26)11-6-13-24-20-15-7-2-3-8-16(15)22(28)25(20)18-10-5-4-9-17(18)21(24)27/h2-5,7-10,20H,6,11-14H2,1H3,(H,23,26). The van der Waals surface area contributed by atoms with Gasteiger partial charge in [0.25, 0.3) is 11.8 Å². The molecule has 0 spiro atoms. The lowest BCUT2D eigenvalue weighted by Gasteiger charge is -2.41. The fourth-order valence-corrected chi connectivity index (χ4v) is 3.99. The molecule has 7 nitrogen and oxygen atoms in total. The molecular weight excluding hydrogens is 370 g/mol. The van der Waals surface area contributed by atoms with Crippen LogP contribution in [0.1, 0.15) is 45.3 Å². The number of anilines is 1. The van der Waals surface area contributed by atoms with Gasteiger partial charge in [-0.05, 0) is 24.6 Å². The van der Waals surface area contributed by atoms with Crippen molar-refractivity contribution in [3.63, 3.8) is 0 Å². The van der Waals surface area contributed by atoms with Crippen LogP contribution in [0.3, 0.4) is 0 Å². The molecule has 0 bridgehead atoms. The van der Waals surface area contributed by atoms with Gasteiger partial charge in [-0.25, -0.2) is 0 Å². The zero-order chi connectivity index (χ0) is 20.4. The number of rotatable bonds is 7. The summed E-state index contributed by atoms with van der Waals surface area (Å²) >= 11 is 0. The van der Waals surface area contributed by atoms with Crippen LogP contribution in [0.25, 0.3) is 0 Å². The lowest BCUT2D eigenvalue weighted by Crippen LogP contribution is -2.48. The smallest absolute Gasteiger partial charge is 0.260 e. The number of nitrogens with one attached hydrogen (secondary N) is 1. The predicted molar refractivity (Wildman–Crippen MR) is 108 cm³/mol. The third kappa shape index (κ3) is 3.38. The van der Waals surface area contributed by atoms with Crippen molar-refractivity contribution in [2.24, 2.45) is 0 Å². The van der Waals surface area contributed by atoms with Crippen molar-refractivity contribution in [1.29, 1.82) is 0 Å². The molecule has 4 rings (SSSR count). The minimum Gasteiger partial charge on any atom is -0.383 e. The molecule has 1 unspecified atom stereocenters. The number of carbonyl (C=O) groups is 3. The Morgan fingerprint density at radius 2 is 1.76 bits per heavy atom. The van der Waals surface area contributed by atoms with Crippen molar-refractivity contribution >= 4 is 23.4 Å². The third-order valence-corrected chi connectivity index (χ3v) is 5.31. The van der Waals surface area contributed by atoms with Crippen LogP contribution in [0.5, 0.6) is 0 Å². The topological polar surface area (TPSA) is 79.0 Å². The summed E-state index contributed by atoms with van der Waals surface area (Å²) in [7, 11) is 1.58. The molecule has 0 fully saturated rings. The second-order valence-corrected chi connectivity index (χ2v) is 7.10. The molecule has 150 valence electrons. The number of amides is 3. The monoisotopic (exact) mass is 393 g/mol. The van der Waals surface area contributed by atoms with E-state index in [1.54, 1.807) is 35.1 Å². The summed E-state index contributed by atoms with van der Waals surface area (Å²) in [5.74, 6) is -0.300. The highest BCUT2D eigenvalue weighted by molar-refractivity contribution is 6.16. The van der Waals surface area contributed by atoms with E-state index in [4.69, 9.17) is 4.74 Å². The SMILES string of the molecule is COCCNC(=O)CCCN1C(=O)c2ccccc2N2C(=O)c3ccccc3C12. The van der Waals surface area contributed by atoms with Crippen LogP contribution in [0, 0.1) is 0 Å². The van der Waals surface area contributed by atoms with Gasteiger partial charge >= 0.3 is 0 Å². The van der Waals surface area contributed by atoms with E-state index in [-0.39, 0.29) is 17.7 Å². The van der Waals surface area contributed by atoms with Gasteiger partial charge in [0.05, 0.1) is 17.9 Å². The highest BCUT2D eigenvalue weighted by Crippen LogP contribution is 2.45. The second kappa shape index (κ2) is 8.05. The number of benzene rings is 2. The van der Waals surface area contributed by atoms with Crippen molar-refractivity contribution in [1.82, 2.24) is 10.2 Å². The molecule has 2 aliphatic heterocycles. The first kappa shape index (κ1) is 19.1. The molecule has 0 radical (unpaired) electrons. The van der Waals surface area contributed by atoms with E-state index in [1.807, 2.05) is 30.3 Å². The van der Waals surface area contributed by atoms with Crippen LogP contribution >= 0.6 is 0 Å². The van der Waals surface area contributed by atoms with Crippen molar-refractivity contribution in [2.75, 3.05) is 31.7 Å². The number of hydrogen-bond donors (Lipinski definition) is 1. The molecule has 0 aromatic heterocycles. The first-order chi connectivity index (χ1) is 14.1. The summed E-state index contributed by atoms with van der Waals surface area (Å²) in [6, 6.07) is 14.6. The molecule has 2 aromatic carbocycles. The van der Waals surface area contributed by atoms with Gasteiger partial charge in [0.15, 0.2) is 0 Å². The Morgan fingerprint density at radius 1 is 1.03 bits per heavy atom. The summed E-state index contributed by atoms with van der Waals surface area (Å²) in [6.07, 6.45) is 0.336. The van der Waals surface area contributed by atoms with Gasteiger partial charge in [-0.3, -0.25) is 19.3 Å². The minimum atomic E-state index is -0.474. The first-order valence-electron chi connectivity index (χ1n) is 9.71. The van der Waals surface area contributed by atoms with Crippen LogP contribution in [0.2, 0.25) is 0 Å². The van der Waals surface area contributed by atoms with Gasteiger partial charge in [-0.15, -0.1) is 0 Å². The Labute approximate surface area is 169 Å². The predicted octanol–water partition coefficient (Wildman–Crippen LogP) is 2.34. The van der Waals surface area contributed by atoms with Gasteiger partial charge in [0, 0.05) is 37.7 Å². The third-order valence-electron chi connectivity index (χ3n) is 5.31. The van der Waals surface area contributed by atoms with Crippen LogP contribution in [0.4, 0.5) is 5.69 Å². The Kier molecular flexibility index (Phi) is 5.31. The summed E-state index contributed by atoms with van der Waals surface area (Å²) in [6.45, 7) is 1.31. The summed E-state index contributed by atoms with van der Waals surface area (Å²) in [4.78, 5) is 41.7. The summed E-state index contributed by atoms with van der Waals surface area (Å²) < 4.78 is 4.92. The highest BCUT2D eigenvalue weighted by Gasteiger charge is 2.47. The summed E-state index contributed by atoms with van der Waals surface area (Å²) in [5.41, 5.74) is 2.58. The molecular formula is C22H23N3O4. The molecule has 0 saturated carbocycles. The molecule has 0 aliphatic carbocycles. The Balaban J connectivity index is 1.58. The summed E-state index contributed by atoms with van der Waals surface area (Å²) in [5, 5.41) is 2.79. The van der Waals surface area contributed by atoms with Crippen LogP contribution in [-0.4, -0.2) is 49.4 Å². The molecule has 1 N–H and O–H groups in total.